The molecule has 25 heavy (non-hydrogen) atoms. The molecular weight excluding hydrogens is 320 g/mol. The fraction of sp³-hybridized carbons (Fsp3) is 0.529. The Labute approximate surface area is 146 Å². The molecule has 0 aromatic carbocycles. The van der Waals surface area contributed by atoms with Gasteiger partial charge in [-0.15, -0.1) is 0 Å². The van der Waals surface area contributed by atoms with Gasteiger partial charge in [0.1, 0.15) is 0 Å². The van der Waals surface area contributed by atoms with Crippen LogP contribution in [0.2, 0.25) is 0 Å². The second-order valence-corrected chi connectivity index (χ2v) is 6.31. The number of anilines is 1. The van der Waals surface area contributed by atoms with Crippen molar-refractivity contribution >= 4 is 17.6 Å². The number of nitrogens with zero attached hydrogens (tertiary/aromatic N) is 5. The summed E-state index contributed by atoms with van der Waals surface area (Å²) in [5.74, 6) is 0.210. The van der Waals surface area contributed by atoms with Crippen LogP contribution in [-0.4, -0.2) is 49.4 Å². The normalized spacial score (nSPS) is 14.5. The van der Waals surface area contributed by atoms with Crippen molar-refractivity contribution in [3.8, 4) is 0 Å². The van der Waals surface area contributed by atoms with Crippen LogP contribution in [-0.2, 0) is 17.9 Å². The molecule has 0 radical (unpaired) electrons. The van der Waals surface area contributed by atoms with E-state index in [1.807, 2.05) is 38.6 Å². The van der Waals surface area contributed by atoms with Gasteiger partial charge < -0.3 is 10.2 Å². The van der Waals surface area contributed by atoms with Crippen molar-refractivity contribution < 1.29 is 9.59 Å². The van der Waals surface area contributed by atoms with Crippen LogP contribution in [0.1, 0.15) is 35.6 Å². The summed E-state index contributed by atoms with van der Waals surface area (Å²) in [6, 6.07) is 1.77. The van der Waals surface area contributed by atoms with Gasteiger partial charge in [-0.1, -0.05) is 0 Å². The number of hydrogen-bond acceptors (Lipinski definition) is 4. The van der Waals surface area contributed by atoms with Gasteiger partial charge in [0, 0.05) is 44.1 Å². The number of carbonyl (C=O) groups excluding carboxylic acids is 2. The third kappa shape index (κ3) is 3.16. The van der Waals surface area contributed by atoms with Gasteiger partial charge >= 0.3 is 0 Å². The maximum absolute atomic E-state index is 12.7. The highest BCUT2D eigenvalue weighted by atomic mass is 16.2. The molecule has 0 bridgehead atoms. The first-order valence-corrected chi connectivity index (χ1v) is 8.62. The van der Waals surface area contributed by atoms with Crippen molar-refractivity contribution in [1.82, 2.24) is 24.5 Å². The number of amides is 2. The lowest BCUT2D eigenvalue weighted by Gasteiger charge is -2.38. The van der Waals surface area contributed by atoms with Gasteiger partial charge in [0.2, 0.25) is 5.91 Å². The molecule has 1 fully saturated rings. The minimum Gasteiger partial charge on any atom is -0.337 e. The Kier molecular flexibility index (Phi) is 4.61. The molecule has 0 atom stereocenters. The first-order valence-electron chi connectivity index (χ1n) is 8.62. The van der Waals surface area contributed by atoms with Gasteiger partial charge in [0.05, 0.1) is 17.2 Å². The molecule has 1 aliphatic heterocycles. The zero-order valence-electron chi connectivity index (χ0n) is 15.1. The lowest BCUT2D eigenvalue weighted by atomic mass is 9.97. The first kappa shape index (κ1) is 17.2. The number of carbonyl (C=O) groups is 2. The molecule has 1 N–H and O–H groups in total. The molecule has 0 aliphatic carbocycles. The van der Waals surface area contributed by atoms with Crippen LogP contribution in [0.5, 0.6) is 0 Å². The molecule has 0 unspecified atom stereocenters. The Bertz CT molecular complexity index is 800. The van der Waals surface area contributed by atoms with Crippen LogP contribution in [0, 0.1) is 19.8 Å². The molecule has 3 rings (SSSR count). The standard InChI is InChI=1S/C17H24N6O2/c1-5-22-8-7-14(20-22)18-16(24)13-9-21(10-13)17(25)15-11(3)19-23(6-2)12(15)4/h7-8,13H,5-6,9-10H2,1-4H3,(H,18,20,24). The van der Waals surface area contributed by atoms with Gasteiger partial charge in [0.25, 0.3) is 5.91 Å². The van der Waals surface area contributed by atoms with Crippen molar-refractivity contribution in [3.63, 3.8) is 0 Å². The van der Waals surface area contributed by atoms with Crippen molar-refractivity contribution in [2.24, 2.45) is 5.92 Å². The van der Waals surface area contributed by atoms with Crippen molar-refractivity contribution in [3.05, 3.63) is 29.2 Å². The number of rotatable bonds is 5. The SMILES string of the molecule is CCn1ccc(NC(=O)C2CN(C(=O)c3c(C)nn(CC)c3C)C2)n1. The van der Waals surface area contributed by atoms with E-state index in [0.717, 1.165) is 24.5 Å². The second-order valence-electron chi connectivity index (χ2n) is 6.31. The van der Waals surface area contributed by atoms with E-state index >= 15 is 0 Å². The smallest absolute Gasteiger partial charge is 0.257 e. The summed E-state index contributed by atoms with van der Waals surface area (Å²) >= 11 is 0. The van der Waals surface area contributed by atoms with Gasteiger partial charge in [-0.3, -0.25) is 19.0 Å². The van der Waals surface area contributed by atoms with Gasteiger partial charge in [-0.2, -0.15) is 10.2 Å². The lowest BCUT2D eigenvalue weighted by Crippen LogP contribution is -2.54. The van der Waals surface area contributed by atoms with E-state index in [0.29, 0.717) is 24.5 Å². The van der Waals surface area contributed by atoms with Gasteiger partial charge in [-0.25, -0.2) is 0 Å². The van der Waals surface area contributed by atoms with Crippen LogP contribution in [0.3, 0.4) is 0 Å². The number of likely N-dealkylation sites (tertiary alicyclic amines) is 1. The number of hydrogen-bond donors (Lipinski definition) is 1. The Morgan fingerprint density at radius 2 is 1.92 bits per heavy atom. The van der Waals surface area contributed by atoms with Crippen molar-refractivity contribution in [1.29, 1.82) is 0 Å². The molecule has 1 saturated heterocycles. The largest absolute Gasteiger partial charge is 0.337 e. The van der Waals surface area contributed by atoms with E-state index in [1.165, 1.54) is 0 Å². The fourth-order valence-corrected chi connectivity index (χ4v) is 3.12. The quantitative estimate of drug-likeness (QED) is 0.889. The van der Waals surface area contributed by atoms with Crippen molar-refractivity contribution in [2.75, 3.05) is 18.4 Å². The van der Waals surface area contributed by atoms with Gasteiger partial charge in [-0.05, 0) is 27.7 Å². The Morgan fingerprint density at radius 3 is 2.48 bits per heavy atom. The highest BCUT2D eigenvalue weighted by molar-refractivity contribution is 5.99. The fourth-order valence-electron chi connectivity index (χ4n) is 3.12. The van der Waals surface area contributed by atoms with Gasteiger partial charge in [0.15, 0.2) is 5.82 Å². The van der Waals surface area contributed by atoms with Crippen LogP contribution < -0.4 is 5.32 Å². The van der Waals surface area contributed by atoms with E-state index < -0.39 is 0 Å². The Hall–Kier alpha value is -2.64. The van der Waals surface area contributed by atoms with Crippen LogP contribution >= 0.6 is 0 Å². The van der Waals surface area contributed by atoms with E-state index in [-0.39, 0.29) is 17.7 Å². The lowest BCUT2D eigenvalue weighted by molar-refractivity contribution is -0.123. The summed E-state index contributed by atoms with van der Waals surface area (Å²) < 4.78 is 3.58. The maximum atomic E-state index is 12.7. The zero-order valence-corrected chi connectivity index (χ0v) is 15.1. The summed E-state index contributed by atoms with van der Waals surface area (Å²) in [7, 11) is 0. The minimum atomic E-state index is -0.197. The third-order valence-corrected chi connectivity index (χ3v) is 4.65. The number of aryl methyl sites for hydroxylation is 3. The molecule has 0 spiro atoms. The molecule has 0 saturated carbocycles. The van der Waals surface area contributed by atoms with Crippen molar-refractivity contribution in [2.45, 2.75) is 40.8 Å². The highest BCUT2D eigenvalue weighted by Crippen LogP contribution is 2.23. The molecule has 2 amide bonds. The molecule has 8 nitrogen and oxygen atoms in total. The number of nitrogens with one attached hydrogen (secondary N) is 1. The monoisotopic (exact) mass is 344 g/mol. The summed E-state index contributed by atoms with van der Waals surface area (Å²) in [6.07, 6.45) is 1.82. The zero-order chi connectivity index (χ0) is 18.1. The van der Waals surface area contributed by atoms with Crippen LogP contribution in [0.15, 0.2) is 12.3 Å². The third-order valence-electron chi connectivity index (χ3n) is 4.65. The molecule has 3 heterocycles. The van der Waals surface area contributed by atoms with Crippen LogP contribution in [0.25, 0.3) is 0 Å². The predicted molar refractivity (Wildman–Crippen MR) is 93.3 cm³/mol. The average molecular weight is 344 g/mol. The first-order chi connectivity index (χ1) is 11.9. The molecule has 2 aromatic heterocycles. The average Bonchev–Trinajstić information content (AvgIpc) is 3.09. The molecule has 2 aromatic rings. The van der Waals surface area contributed by atoms with E-state index in [4.69, 9.17) is 0 Å². The topological polar surface area (TPSA) is 85.0 Å². The minimum absolute atomic E-state index is 0.0472. The highest BCUT2D eigenvalue weighted by Gasteiger charge is 2.37. The van der Waals surface area contributed by atoms with E-state index in [1.54, 1.807) is 15.6 Å². The molecule has 1 aliphatic rings. The Balaban J connectivity index is 1.59. The number of aromatic nitrogens is 4. The summed E-state index contributed by atoms with van der Waals surface area (Å²) in [5.41, 5.74) is 2.27. The summed E-state index contributed by atoms with van der Waals surface area (Å²) in [4.78, 5) is 26.7. The summed E-state index contributed by atoms with van der Waals surface area (Å²) in [6.45, 7) is 10.1. The second kappa shape index (κ2) is 6.70. The predicted octanol–water partition coefficient (Wildman–Crippen LogP) is 1.45. The van der Waals surface area contributed by atoms with E-state index in [2.05, 4.69) is 15.5 Å². The molecule has 134 valence electrons. The molecular formula is C17H24N6O2. The summed E-state index contributed by atoms with van der Waals surface area (Å²) in [5, 5.41) is 11.4. The van der Waals surface area contributed by atoms with E-state index in [9.17, 15) is 9.59 Å². The molecule has 8 heteroatoms. The maximum Gasteiger partial charge on any atom is 0.257 e. The Morgan fingerprint density at radius 1 is 1.20 bits per heavy atom. The van der Waals surface area contributed by atoms with Crippen LogP contribution in [0.4, 0.5) is 5.82 Å².